The Hall–Kier alpha value is -1.25. The van der Waals surface area contributed by atoms with Crippen LogP contribution < -0.4 is 5.32 Å². The highest BCUT2D eigenvalue weighted by molar-refractivity contribution is 9.10. The van der Waals surface area contributed by atoms with E-state index < -0.39 is 5.97 Å². The van der Waals surface area contributed by atoms with Crippen LogP contribution in [0.15, 0.2) is 21.3 Å². The van der Waals surface area contributed by atoms with Gasteiger partial charge in [0.1, 0.15) is 5.69 Å². The molecule has 0 spiro atoms. The van der Waals surface area contributed by atoms with Crippen LogP contribution in [0, 0.1) is 0 Å². The third-order valence-electron chi connectivity index (χ3n) is 2.23. The van der Waals surface area contributed by atoms with Gasteiger partial charge in [0.15, 0.2) is 0 Å². The van der Waals surface area contributed by atoms with Crippen LogP contribution in [0.1, 0.15) is 32.1 Å². The van der Waals surface area contributed by atoms with Crippen molar-refractivity contribution >= 4 is 50.5 Å². The molecule has 0 saturated heterocycles. The van der Waals surface area contributed by atoms with Crippen molar-refractivity contribution in [3.05, 3.63) is 36.9 Å². The molecule has 2 heterocycles. The maximum Gasteiger partial charge on any atom is 0.367 e. The maximum atomic E-state index is 11.9. The lowest BCUT2D eigenvalue weighted by molar-refractivity contribution is 0.0526. The first-order chi connectivity index (χ1) is 9.60. The van der Waals surface area contributed by atoms with E-state index >= 15 is 0 Å². The molecule has 8 heteroatoms. The van der Waals surface area contributed by atoms with Gasteiger partial charge in [0, 0.05) is 20.1 Å². The molecule has 0 aromatic carbocycles. The molecular formula is C12H11BrN2O3S2. The first-order valence-corrected chi connectivity index (χ1v) is 8.29. The second-order valence-electron chi connectivity index (χ2n) is 3.67. The number of thiazole rings is 1. The summed E-state index contributed by atoms with van der Waals surface area (Å²) in [6.07, 6.45) is 0. The van der Waals surface area contributed by atoms with Gasteiger partial charge in [-0.3, -0.25) is 4.79 Å². The Morgan fingerprint density at radius 3 is 2.85 bits per heavy atom. The van der Waals surface area contributed by atoms with Crippen molar-refractivity contribution in [3.63, 3.8) is 0 Å². The minimum Gasteiger partial charge on any atom is -0.461 e. The molecule has 0 saturated carbocycles. The molecule has 2 rings (SSSR count). The van der Waals surface area contributed by atoms with Gasteiger partial charge in [0.2, 0.25) is 5.01 Å². The summed E-state index contributed by atoms with van der Waals surface area (Å²) in [7, 11) is 0. The summed E-state index contributed by atoms with van der Waals surface area (Å²) in [4.78, 5) is 28.4. The van der Waals surface area contributed by atoms with E-state index in [1.165, 1.54) is 0 Å². The summed E-state index contributed by atoms with van der Waals surface area (Å²) in [6, 6.07) is 1.94. The topological polar surface area (TPSA) is 68.3 Å². The fourth-order valence-corrected chi connectivity index (χ4v) is 3.45. The second-order valence-corrected chi connectivity index (χ2v) is 6.44. The summed E-state index contributed by atoms with van der Waals surface area (Å²) in [5.41, 5.74) is 0.230. The van der Waals surface area contributed by atoms with Crippen molar-refractivity contribution < 1.29 is 14.3 Å². The summed E-state index contributed by atoms with van der Waals surface area (Å²) < 4.78 is 5.82. The van der Waals surface area contributed by atoms with Gasteiger partial charge < -0.3 is 10.1 Å². The zero-order valence-corrected chi connectivity index (χ0v) is 13.7. The van der Waals surface area contributed by atoms with Crippen LogP contribution in [-0.4, -0.2) is 23.5 Å². The Morgan fingerprint density at radius 2 is 2.20 bits per heavy atom. The molecule has 2 aromatic heterocycles. The fourth-order valence-electron chi connectivity index (χ4n) is 1.37. The van der Waals surface area contributed by atoms with Gasteiger partial charge in [0.25, 0.3) is 5.91 Å². The number of carbonyl (C=O) groups excluding carboxylic acids is 2. The molecule has 1 N–H and O–H groups in total. The first-order valence-electron chi connectivity index (χ1n) is 5.74. The average Bonchev–Trinajstić information content (AvgIpc) is 3.05. The molecule has 0 aliphatic rings. The predicted octanol–water partition coefficient (Wildman–Crippen LogP) is 3.07. The number of nitrogens with one attached hydrogen (secondary N) is 1. The SMILES string of the molecule is CCOC(=O)c1nc(C(=O)NCc2cc(Br)cs2)cs1. The molecule has 1 amide bonds. The average molecular weight is 375 g/mol. The Balaban J connectivity index is 1.94. The van der Waals surface area contributed by atoms with E-state index in [0.29, 0.717) is 6.54 Å². The minimum atomic E-state index is -0.501. The smallest absolute Gasteiger partial charge is 0.367 e. The zero-order chi connectivity index (χ0) is 14.5. The molecule has 0 fully saturated rings. The number of ether oxygens (including phenoxy) is 1. The van der Waals surface area contributed by atoms with Crippen LogP contribution in [0.5, 0.6) is 0 Å². The quantitative estimate of drug-likeness (QED) is 0.816. The number of halogens is 1. The van der Waals surface area contributed by atoms with Crippen LogP contribution >= 0.6 is 38.6 Å². The summed E-state index contributed by atoms with van der Waals surface area (Å²) >= 11 is 6.00. The van der Waals surface area contributed by atoms with Crippen molar-refractivity contribution in [2.75, 3.05) is 6.61 Å². The largest absolute Gasteiger partial charge is 0.461 e. The highest BCUT2D eigenvalue weighted by Crippen LogP contribution is 2.19. The highest BCUT2D eigenvalue weighted by Gasteiger charge is 2.16. The van der Waals surface area contributed by atoms with E-state index in [1.807, 2.05) is 11.4 Å². The standard InChI is InChI=1S/C12H11BrN2O3S2/c1-2-18-12(17)11-15-9(6-20-11)10(16)14-4-8-3-7(13)5-19-8/h3,5-6H,2,4H2,1H3,(H,14,16). The summed E-state index contributed by atoms with van der Waals surface area (Å²) in [5, 5.41) is 6.44. The number of rotatable bonds is 5. The third kappa shape index (κ3) is 3.87. The molecule has 106 valence electrons. The molecule has 2 aromatic rings. The van der Waals surface area contributed by atoms with Gasteiger partial charge in [-0.15, -0.1) is 22.7 Å². The maximum absolute atomic E-state index is 11.9. The third-order valence-corrected chi connectivity index (χ3v) is 4.75. The van der Waals surface area contributed by atoms with Crippen molar-refractivity contribution in [2.24, 2.45) is 0 Å². The van der Waals surface area contributed by atoms with Crippen molar-refractivity contribution in [1.29, 1.82) is 0 Å². The van der Waals surface area contributed by atoms with Crippen LogP contribution in [0.3, 0.4) is 0 Å². The van der Waals surface area contributed by atoms with Crippen molar-refractivity contribution in [3.8, 4) is 0 Å². The molecule has 20 heavy (non-hydrogen) atoms. The lowest BCUT2D eigenvalue weighted by atomic mass is 10.4. The van der Waals surface area contributed by atoms with Crippen molar-refractivity contribution in [2.45, 2.75) is 13.5 Å². The van der Waals surface area contributed by atoms with Gasteiger partial charge in [-0.1, -0.05) is 0 Å². The van der Waals surface area contributed by atoms with Crippen LogP contribution in [0.2, 0.25) is 0 Å². The molecule has 0 radical (unpaired) electrons. The van der Waals surface area contributed by atoms with Gasteiger partial charge in [-0.05, 0) is 28.9 Å². The number of aromatic nitrogens is 1. The van der Waals surface area contributed by atoms with E-state index in [-0.39, 0.29) is 23.2 Å². The van der Waals surface area contributed by atoms with Crippen LogP contribution in [-0.2, 0) is 11.3 Å². The Bertz CT molecular complexity index is 624. The second kappa shape index (κ2) is 6.96. The number of amides is 1. The molecular weight excluding hydrogens is 364 g/mol. The summed E-state index contributed by atoms with van der Waals surface area (Å²) in [6.45, 7) is 2.44. The lowest BCUT2D eigenvalue weighted by Gasteiger charge is -2.00. The molecule has 0 aliphatic heterocycles. The van der Waals surface area contributed by atoms with Crippen LogP contribution in [0.25, 0.3) is 0 Å². The van der Waals surface area contributed by atoms with E-state index in [9.17, 15) is 9.59 Å². The van der Waals surface area contributed by atoms with E-state index in [4.69, 9.17) is 4.74 Å². The Kier molecular flexibility index (Phi) is 5.27. The predicted molar refractivity (Wildman–Crippen MR) is 81.3 cm³/mol. The Morgan fingerprint density at radius 1 is 1.40 bits per heavy atom. The molecule has 0 aliphatic carbocycles. The number of nitrogens with zero attached hydrogens (tertiary/aromatic N) is 1. The Labute approximate surface area is 132 Å². The molecule has 0 atom stereocenters. The van der Waals surface area contributed by atoms with E-state index in [2.05, 4.69) is 26.2 Å². The van der Waals surface area contributed by atoms with Gasteiger partial charge in [-0.25, -0.2) is 9.78 Å². The van der Waals surface area contributed by atoms with Gasteiger partial charge >= 0.3 is 5.97 Å². The molecule has 0 unspecified atom stereocenters. The molecule has 5 nitrogen and oxygen atoms in total. The van der Waals surface area contributed by atoms with Crippen LogP contribution in [0.4, 0.5) is 0 Å². The van der Waals surface area contributed by atoms with E-state index in [0.717, 1.165) is 20.7 Å². The number of thiophene rings is 1. The van der Waals surface area contributed by atoms with E-state index in [1.54, 1.807) is 23.6 Å². The minimum absolute atomic E-state index is 0.191. The van der Waals surface area contributed by atoms with Gasteiger partial charge in [-0.2, -0.15) is 0 Å². The van der Waals surface area contributed by atoms with Gasteiger partial charge in [0.05, 0.1) is 13.2 Å². The lowest BCUT2D eigenvalue weighted by Crippen LogP contribution is -2.22. The monoisotopic (exact) mass is 374 g/mol. The normalized spacial score (nSPS) is 10.3. The fraction of sp³-hybridized carbons (Fsp3) is 0.250. The highest BCUT2D eigenvalue weighted by atomic mass is 79.9. The molecule has 0 bridgehead atoms. The summed E-state index contributed by atoms with van der Waals surface area (Å²) in [5.74, 6) is -0.806. The first kappa shape index (κ1) is 15.1. The number of carbonyl (C=O) groups is 2. The zero-order valence-electron chi connectivity index (χ0n) is 10.5. The number of hydrogen-bond acceptors (Lipinski definition) is 6. The number of hydrogen-bond donors (Lipinski definition) is 1. The number of esters is 1. The van der Waals surface area contributed by atoms with Crippen molar-refractivity contribution in [1.82, 2.24) is 10.3 Å².